The molecule has 0 unspecified atom stereocenters. The minimum atomic E-state index is -3.91. The van der Waals surface area contributed by atoms with E-state index in [-0.39, 0.29) is 16.0 Å². The molecule has 0 bridgehead atoms. The average Bonchev–Trinajstić information content (AvgIpc) is 2.71. The van der Waals surface area contributed by atoms with Crippen molar-refractivity contribution in [1.29, 1.82) is 0 Å². The van der Waals surface area contributed by atoms with Crippen molar-refractivity contribution >= 4 is 39.4 Å². The summed E-state index contributed by atoms with van der Waals surface area (Å²) in [7, 11) is -3.91. The zero-order chi connectivity index (χ0) is 20.9. The Kier molecular flexibility index (Phi) is 6.26. The highest BCUT2D eigenvalue weighted by Crippen LogP contribution is 2.19. The van der Waals surface area contributed by atoms with E-state index < -0.39 is 21.7 Å². The van der Waals surface area contributed by atoms with Crippen molar-refractivity contribution in [2.75, 3.05) is 4.72 Å². The van der Waals surface area contributed by atoms with Crippen LogP contribution in [0.25, 0.3) is 0 Å². The number of anilines is 1. The van der Waals surface area contributed by atoms with Gasteiger partial charge in [-0.2, -0.15) is 5.10 Å². The van der Waals surface area contributed by atoms with Crippen molar-refractivity contribution in [3.63, 3.8) is 0 Å². The summed E-state index contributed by atoms with van der Waals surface area (Å²) in [6, 6.07) is 17.5. The van der Waals surface area contributed by atoms with Gasteiger partial charge in [0.25, 0.3) is 15.9 Å². The molecule has 0 fully saturated rings. The van der Waals surface area contributed by atoms with Crippen molar-refractivity contribution < 1.29 is 17.6 Å². The lowest BCUT2D eigenvalue weighted by atomic mass is 10.2. The van der Waals surface area contributed by atoms with E-state index in [2.05, 4.69) is 15.2 Å². The number of hydrogen-bond acceptors (Lipinski definition) is 4. The van der Waals surface area contributed by atoms with E-state index in [0.29, 0.717) is 10.7 Å². The van der Waals surface area contributed by atoms with Crippen LogP contribution in [0.2, 0.25) is 5.02 Å². The molecular formula is C20H15ClFN3O3S. The monoisotopic (exact) mass is 431 g/mol. The van der Waals surface area contributed by atoms with E-state index in [0.717, 1.165) is 6.21 Å². The molecule has 0 spiro atoms. The summed E-state index contributed by atoms with van der Waals surface area (Å²) in [6.07, 6.45) is 1.16. The van der Waals surface area contributed by atoms with Gasteiger partial charge in [-0.05, 0) is 48.5 Å². The Bertz CT molecular complexity index is 1170. The van der Waals surface area contributed by atoms with Crippen molar-refractivity contribution in [3.8, 4) is 0 Å². The topological polar surface area (TPSA) is 87.6 Å². The zero-order valence-corrected chi connectivity index (χ0v) is 16.4. The van der Waals surface area contributed by atoms with Gasteiger partial charge in [-0.1, -0.05) is 35.9 Å². The second-order valence-corrected chi connectivity index (χ2v) is 7.98. The highest BCUT2D eigenvalue weighted by Gasteiger charge is 2.16. The van der Waals surface area contributed by atoms with Crippen LogP contribution in [0.15, 0.2) is 82.8 Å². The summed E-state index contributed by atoms with van der Waals surface area (Å²) < 4.78 is 41.0. The molecule has 3 rings (SSSR count). The predicted octanol–water partition coefficient (Wildman–Crippen LogP) is 4.04. The Balaban J connectivity index is 1.73. The van der Waals surface area contributed by atoms with Gasteiger partial charge < -0.3 is 0 Å². The Hall–Kier alpha value is -3.23. The number of hydrogen-bond donors (Lipinski definition) is 2. The summed E-state index contributed by atoms with van der Waals surface area (Å²) in [6.45, 7) is 0. The molecule has 9 heteroatoms. The fourth-order valence-electron chi connectivity index (χ4n) is 2.34. The average molecular weight is 432 g/mol. The van der Waals surface area contributed by atoms with E-state index in [4.69, 9.17) is 11.6 Å². The zero-order valence-electron chi connectivity index (χ0n) is 14.8. The molecule has 0 saturated carbocycles. The summed E-state index contributed by atoms with van der Waals surface area (Å²) >= 11 is 5.79. The molecule has 1 amide bonds. The molecule has 0 saturated heterocycles. The van der Waals surface area contributed by atoms with Crippen LogP contribution in [0.3, 0.4) is 0 Å². The van der Waals surface area contributed by atoms with Crippen LogP contribution in [0.1, 0.15) is 15.9 Å². The number of amides is 1. The predicted molar refractivity (Wildman–Crippen MR) is 110 cm³/mol. The molecule has 2 N–H and O–H groups in total. The molecule has 0 radical (unpaired) electrons. The Morgan fingerprint density at radius 2 is 1.72 bits per heavy atom. The number of sulfonamides is 1. The molecule has 0 aliphatic rings. The number of carbonyl (C=O) groups excluding carboxylic acids is 1. The fraction of sp³-hybridized carbons (Fsp3) is 0. The largest absolute Gasteiger partial charge is 0.280 e. The Labute approximate surface area is 172 Å². The van der Waals surface area contributed by atoms with Crippen molar-refractivity contribution in [2.45, 2.75) is 4.90 Å². The number of rotatable bonds is 6. The lowest BCUT2D eigenvalue weighted by Crippen LogP contribution is -2.19. The standard InChI is InChI=1S/C20H15ClFN3O3S/c21-16-8-10-17(11-9-16)25-29(27,28)18-6-3-5-14(12-18)20(26)24-23-13-15-4-1-2-7-19(15)22/h1-13,25H,(H,24,26)/b23-13-. The van der Waals surface area contributed by atoms with Gasteiger partial charge >= 0.3 is 0 Å². The van der Waals surface area contributed by atoms with E-state index in [1.165, 1.54) is 54.6 Å². The quantitative estimate of drug-likeness (QED) is 0.456. The first-order chi connectivity index (χ1) is 13.8. The molecule has 29 heavy (non-hydrogen) atoms. The van der Waals surface area contributed by atoms with Crippen molar-refractivity contribution in [2.24, 2.45) is 5.10 Å². The Morgan fingerprint density at radius 1 is 1.00 bits per heavy atom. The normalized spacial score (nSPS) is 11.4. The van der Waals surface area contributed by atoms with Crippen LogP contribution in [-0.4, -0.2) is 20.5 Å². The lowest BCUT2D eigenvalue weighted by molar-refractivity contribution is 0.0955. The van der Waals surface area contributed by atoms with E-state index >= 15 is 0 Å². The number of nitrogens with one attached hydrogen (secondary N) is 2. The van der Waals surface area contributed by atoms with Crippen LogP contribution < -0.4 is 10.1 Å². The van der Waals surface area contributed by atoms with Gasteiger partial charge in [-0.25, -0.2) is 18.2 Å². The highest BCUT2D eigenvalue weighted by atomic mass is 35.5. The smallest absolute Gasteiger partial charge is 0.271 e. The van der Waals surface area contributed by atoms with Crippen LogP contribution in [0.5, 0.6) is 0 Å². The summed E-state index contributed by atoms with van der Waals surface area (Å²) in [5.74, 6) is -1.12. The molecule has 0 heterocycles. The van der Waals surface area contributed by atoms with E-state index in [9.17, 15) is 17.6 Å². The maximum absolute atomic E-state index is 13.5. The molecule has 148 valence electrons. The number of carbonyl (C=O) groups is 1. The van der Waals surface area contributed by atoms with Gasteiger partial charge in [-0.3, -0.25) is 9.52 Å². The second-order valence-electron chi connectivity index (χ2n) is 5.86. The molecule has 3 aromatic rings. The first-order valence-electron chi connectivity index (χ1n) is 8.31. The van der Waals surface area contributed by atoms with Crippen molar-refractivity contribution in [1.82, 2.24) is 5.43 Å². The third-order valence-corrected chi connectivity index (χ3v) is 5.41. The number of hydrazone groups is 1. The lowest BCUT2D eigenvalue weighted by Gasteiger charge is -2.09. The van der Waals surface area contributed by atoms with E-state index in [1.54, 1.807) is 18.2 Å². The van der Waals surface area contributed by atoms with Crippen molar-refractivity contribution in [3.05, 3.63) is 94.8 Å². The van der Waals surface area contributed by atoms with Gasteiger partial charge in [0.1, 0.15) is 5.82 Å². The highest BCUT2D eigenvalue weighted by molar-refractivity contribution is 7.92. The van der Waals surface area contributed by atoms with Crippen LogP contribution >= 0.6 is 11.6 Å². The maximum atomic E-state index is 13.5. The second kappa shape index (κ2) is 8.85. The van der Waals surface area contributed by atoms with E-state index in [1.807, 2.05) is 0 Å². The first kappa shape index (κ1) is 20.5. The molecular weight excluding hydrogens is 417 g/mol. The summed E-state index contributed by atoms with van der Waals surface area (Å²) in [5.41, 5.74) is 2.86. The van der Waals surface area contributed by atoms with Gasteiger partial charge in [0.05, 0.1) is 11.1 Å². The molecule has 0 atom stereocenters. The number of benzene rings is 3. The van der Waals surface area contributed by atoms with Gasteiger partial charge in [-0.15, -0.1) is 0 Å². The van der Waals surface area contributed by atoms with Crippen LogP contribution in [-0.2, 0) is 10.0 Å². The minimum absolute atomic E-state index is 0.0784. The van der Waals surface area contributed by atoms with Crippen LogP contribution in [0, 0.1) is 5.82 Å². The molecule has 3 aromatic carbocycles. The van der Waals surface area contributed by atoms with Gasteiger partial charge in [0.15, 0.2) is 0 Å². The summed E-state index contributed by atoms with van der Waals surface area (Å²) in [5, 5.41) is 4.18. The maximum Gasteiger partial charge on any atom is 0.271 e. The fourth-order valence-corrected chi connectivity index (χ4v) is 3.57. The summed E-state index contributed by atoms with van der Waals surface area (Å²) in [4.78, 5) is 12.1. The van der Waals surface area contributed by atoms with Gasteiger partial charge in [0.2, 0.25) is 0 Å². The Morgan fingerprint density at radius 3 is 2.45 bits per heavy atom. The number of halogens is 2. The third-order valence-electron chi connectivity index (χ3n) is 3.78. The third kappa shape index (κ3) is 5.40. The molecule has 6 nitrogen and oxygen atoms in total. The molecule has 0 aliphatic carbocycles. The minimum Gasteiger partial charge on any atom is -0.280 e. The molecule has 0 aliphatic heterocycles. The van der Waals surface area contributed by atoms with Gasteiger partial charge in [0, 0.05) is 21.8 Å². The van der Waals surface area contributed by atoms with Crippen LogP contribution in [0.4, 0.5) is 10.1 Å². The first-order valence-corrected chi connectivity index (χ1v) is 10.2. The molecule has 0 aromatic heterocycles. The SMILES string of the molecule is O=C(N/N=C\c1ccccc1F)c1cccc(S(=O)(=O)Nc2ccc(Cl)cc2)c1. The number of nitrogens with zero attached hydrogens (tertiary/aromatic N) is 1.